The number of tetrazole rings is 1. The molecule has 0 unspecified atom stereocenters. The van der Waals surface area contributed by atoms with Gasteiger partial charge in [-0.25, -0.2) is 0 Å². The minimum atomic E-state index is 0.266. The zero-order valence-corrected chi connectivity index (χ0v) is 14.6. The van der Waals surface area contributed by atoms with Crippen molar-refractivity contribution in [3.63, 3.8) is 0 Å². The Balaban J connectivity index is 1.59. The highest BCUT2D eigenvalue weighted by Gasteiger charge is 2.10. The second-order valence-corrected chi connectivity index (χ2v) is 5.92. The number of nitrogens with zero attached hydrogens (tertiary/aromatic N) is 4. The minimum Gasteiger partial charge on any atom is -0.423 e. The molecule has 7 nitrogen and oxygen atoms in total. The molecular weight excluding hydrogens is 330 g/mol. The third kappa shape index (κ3) is 5.11. The van der Waals surface area contributed by atoms with Gasteiger partial charge in [-0.3, -0.25) is 0 Å². The molecule has 2 N–H and O–H groups in total. The van der Waals surface area contributed by atoms with Crippen molar-refractivity contribution < 1.29 is 9.84 Å². The highest BCUT2D eigenvalue weighted by Crippen LogP contribution is 2.22. The molecule has 2 aromatic carbocycles. The van der Waals surface area contributed by atoms with Gasteiger partial charge in [0, 0.05) is 13.2 Å². The van der Waals surface area contributed by atoms with Crippen LogP contribution in [0.3, 0.4) is 0 Å². The Kier molecular flexibility index (Phi) is 6.69. The molecule has 0 bridgehead atoms. The summed E-state index contributed by atoms with van der Waals surface area (Å²) in [5, 5.41) is 23.8. The fourth-order valence-corrected chi connectivity index (χ4v) is 2.57. The predicted molar refractivity (Wildman–Crippen MR) is 98.3 cm³/mol. The zero-order valence-electron chi connectivity index (χ0n) is 14.6. The van der Waals surface area contributed by atoms with Crippen molar-refractivity contribution in [1.29, 1.82) is 0 Å². The van der Waals surface area contributed by atoms with Crippen molar-refractivity contribution in [1.82, 2.24) is 25.5 Å². The highest BCUT2D eigenvalue weighted by molar-refractivity contribution is 5.34. The highest BCUT2D eigenvalue weighted by atomic mass is 16.5. The molecule has 0 fully saturated rings. The molecule has 0 spiro atoms. The molecule has 7 heteroatoms. The monoisotopic (exact) mass is 353 g/mol. The molecule has 26 heavy (non-hydrogen) atoms. The van der Waals surface area contributed by atoms with Crippen molar-refractivity contribution in [3.05, 3.63) is 60.2 Å². The van der Waals surface area contributed by atoms with Crippen LogP contribution in [-0.2, 0) is 6.54 Å². The molecule has 0 aliphatic rings. The van der Waals surface area contributed by atoms with E-state index < -0.39 is 0 Å². The number of unbranched alkanes of at least 4 members (excludes halogenated alkanes) is 2. The summed E-state index contributed by atoms with van der Waals surface area (Å²) in [5.74, 6) is 0.691. The third-order valence-corrected chi connectivity index (χ3v) is 3.89. The van der Waals surface area contributed by atoms with E-state index in [0.29, 0.717) is 11.8 Å². The quantitative estimate of drug-likeness (QED) is 0.545. The molecule has 3 rings (SSSR count). The van der Waals surface area contributed by atoms with E-state index in [0.717, 1.165) is 43.6 Å². The van der Waals surface area contributed by atoms with Gasteiger partial charge in [0.25, 0.3) is 0 Å². The van der Waals surface area contributed by atoms with Gasteiger partial charge in [0.05, 0.1) is 5.69 Å². The Morgan fingerprint density at radius 2 is 1.88 bits per heavy atom. The van der Waals surface area contributed by atoms with Crippen LogP contribution in [0.5, 0.6) is 11.8 Å². The third-order valence-electron chi connectivity index (χ3n) is 3.89. The van der Waals surface area contributed by atoms with Crippen LogP contribution in [0.15, 0.2) is 54.6 Å². The number of benzene rings is 2. The van der Waals surface area contributed by atoms with Crippen molar-refractivity contribution in [3.8, 4) is 17.4 Å². The maximum Gasteiger partial charge on any atom is 0.345 e. The summed E-state index contributed by atoms with van der Waals surface area (Å²) in [6, 6.07) is 17.8. The van der Waals surface area contributed by atoms with Gasteiger partial charge in [0.1, 0.15) is 5.75 Å². The number of ether oxygens (including phenoxy) is 1. The average molecular weight is 353 g/mol. The molecule has 3 aromatic rings. The second kappa shape index (κ2) is 9.65. The minimum absolute atomic E-state index is 0.266. The number of para-hydroxylation sites is 1. The summed E-state index contributed by atoms with van der Waals surface area (Å²) < 4.78 is 7.44. The first-order valence-corrected chi connectivity index (χ1v) is 8.79. The SMILES string of the molecule is OCCCCCNCc1cccc(Oc2nnnn2-c2ccccc2)c1. The summed E-state index contributed by atoms with van der Waals surface area (Å²) in [5.41, 5.74) is 1.97. The maximum absolute atomic E-state index is 8.78. The summed E-state index contributed by atoms with van der Waals surface area (Å²) in [7, 11) is 0. The largest absolute Gasteiger partial charge is 0.423 e. The summed E-state index contributed by atoms with van der Waals surface area (Å²) in [6.45, 7) is 1.96. The maximum atomic E-state index is 8.78. The van der Waals surface area contributed by atoms with Crippen LogP contribution in [0.2, 0.25) is 0 Å². The Hall–Kier alpha value is -2.77. The molecule has 0 aliphatic heterocycles. The number of aliphatic hydroxyl groups is 1. The number of aliphatic hydroxyl groups excluding tert-OH is 1. The first-order valence-electron chi connectivity index (χ1n) is 8.79. The van der Waals surface area contributed by atoms with Crippen molar-refractivity contribution in [2.45, 2.75) is 25.8 Å². The van der Waals surface area contributed by atoms with Gasteiger partial charge in [-0.05, 0) is 66.1 Å². The number of hydrogen-bond acceptors (Lipinski definition) is 6. The molecule has 0 atom stereocenters. The average Bonchev–Trinajstić information content (AvgIpc) is 3.14. The van der Waals surface area contributed by atoms with Crippen molar-refractivity contribution in [2.24, 2.45) is 0 Å². The first-order chi connectivity index (χ1) is 12.9. The van der Waals surface area contributed by atoms with Crippen LogP contribution < -0.4 is 10.1 Å². The second-order valence-electron chi connectivity index (χ2n) is 5.92. The Labute approximate surface area is 152 Å². The van der Waals surface area contributed by atoms with E-state index in [1.807, 2.05) is 54.6 Å². The van der Waals surface area contributed by atoms with Crippen LogP contribution >= 0.6 is 0 Å². The lowest BCUT2D eigenvalue weighted by molar-refractivity contribution is 0.283. The molecule has 136 valence electrons. The number of rotatable bonds is 10. The van der Waals surface area contributed by atoms with E-state index in [4.69, 9.17) is 9.84 Å². The van der Waals surface area contributed by atoms with E-state index in [1.54, 1.807) is 4.68 Å². The molecule has 0 aliphatic carbocycles. The molecule has 1 aromatic heterocycles. The fourth-order valence-electron chi connectivity index (χ4n) is 2.57. The molecular formula is C19H23N5O2. The lowest BCUT2D eigenvalue weighted by Gasteiger charge is -2.08. The van der Waals surface area contributed by atoms with E-state index in [-0.39, 0.29) is 6.61 Å². The van der Waals surface area contributed by atoms with Gasteiger partial charge in [-0.1, -0.05) is 35.4 Å². The van der Waals surface area contributed by atoms with Crippen LogP contribution in [-0.4, -0.2) is 38.5 Å². The lowest BCUT2D eigenvalue weighted by Crippen LogP contribution is -2.14. The van der Waals surface area contributed by atoms with Gasteiger partial charge >= 0.3 is 6.01 Å². The lowest BCUT2D eigenvalue weighted by atomic mass is 10.2. The van der Waals surface area contributed by atoms with Gasteiger partial charge in [-0.2, -0.15) is 4.68 Å². The van der Waals surface area contributed by atoms with Crippen LogP contribution in [0.25, 0.3) is 5.69 Å². The standard InChI is InChI=1S/C19H23N5O2/c25-13-6-2-5-12-20-15-16-8-7-11-18(14-16)26-19-21-22-23-24(19)17-9-3-1-4-10-17/h1,3-4,7-11,14,20,25H,2,5-6,12-13,15H2. The van der Waals surface area contributed by atoms with Crippen LogP contribution in [0.1, 0.15) is 24.8 Å². The van der Waals surface area contributed by atoms with E-state index in [2.05, 4.69) is 20.8 Å². The van der Waals surface area contributed by atoms with Crippen molar-refractivity contribution >= 4 is 0 Å². The molecule has 0 amide bonds. The fraction of sp³-hybridized carbons (Fsp3) is 0.316. The summed E-state index contributed by atoms with van der Waals surface area (Å²) in [4.78, 5) is 0. The van der Waals surface area contributed by atoms with E-state index in [1.165, 1.54) is 0 Å². The van der Waals surface area contributed by atoms with Gasteiger partial charge in [0.15, 0.2) is 0 Å². The molecule has 0 saturated carbocycles. The predicted octanol–water partition coefficient (Wildman–Crippen LogP) is 2.71. The van der Waals surface area contributed by atoms with Crippen LogP contribution in [0.4, 0.5) is 0 Å². The number of hydrogen-bond donors (Lipinski definition) is 2. The topological polar surface area (TPSA) is 85.1 Å². The molecule has 0 saturated heterocycles. The Bertz CT molecular complexity index is 791. The van der Waals surface area contributed by atoms with E-state index in [9.17, 15) is 0 Å². The normalized spacial score (nSPS) is 10.8. The number of aromatic nitrogens is 4. The molecule has 0 radical (unpaired) electrons. The number of nitrogens with one attached hydrogen (secondary N) is 1. The summed E-state index contributed by atoms with van der Waals surface area (Å²) in [6.07, 6.45) is 2.96. The summed E-state index contributed by atoms with van der Waals surface area (Å²) >= 11 is 0. The Morgan fingerprint density at radius 3 is 2.73 bits per heavy atom. The first kappa shape index (κ1) is 18.0. The van der Waals surface area contributed by atoms with Crippen LogP contribution in [0, 0.1) is 0 Å². The smallest absolute Gasteiger partial charge is 0.345 e. The zero-order chi connectivity index (χ0) is 18.0. The van der Waals surface area contributed by atoms with Crippen molar-refractivity contribution in [2.75, 3.05) is 13.2 Å². The van der Waals surface area contributed by atoms with Gasteiger partial charge < -0.3 is 15.2 Å². The van der Waals surface area contributed by atoms with Gasteiger partial charge in [0.2, 0.25) is 0 Å². The van der Waals surface area contributed by atoms with Gasteiger partial charge in [-0.15, -0.1) is 0 Å². The molecule has 1 heterocycles. The van der Waals surface area contributed by atoms with E-state index >= 15 is 0 Å². The Morgan fingerprint density at radius 1 is 1.00 bits per heavy atom.